The third-order valence-corrected chi connectivity index (χ3v) is 4.91. The minimum absolute atomic E-state index is 0.364. The van der Waals surface area contributed by atoms with Crippen molar-refractivity contribution in [2.75, 3.05) is 25.1 Å². The summed E-state index contributed by atoms with van der Waals surface area (Å²) in [5.74, 6) is -0.0314. The van der Waals surface area contributed by atoms with Gasteiger partial charge in [-0.15, -0.1) is 0 Å². The molecule has 7 nitrogen and oxygen atoms in total. The van der Waals surface area contributed by atoms with Crippen molar-refractivity contribution >= 4 is 23.8 Å². The fourth-order valence-corrected chi connectivity index (χ4v) is 3.20. The quantitative estimate of drug-likeness (QED) is 0.337. The second kappa shape index (κ2) is 9.23. The molecule has 0 aliphatic carbocycles. The first-order valence-corrected chi connectivity index (χ1v) is 9.62. The molecule has 1 amide bonds. The molecule has 0 aromatic heterocycles. The molecule has 0 bridgehead atoms. The van der Waals surface area contributed by atoms with E-state index in [1.165, 1.54) is 6.21 Å². The molecule has 0 spiro atoms. The van der Waals surface area contributed by atoms with Crippen LogP contribution in [-0.4, -0.2) is 38.3 Å². The Kier molecular flexibility index (Phi) is 6.49. The number of ether oxygens (including phenoxy) is 2. The number of anilines is 1. The predicted molar refractivity (Wildman–Crippen MR) is 112 cm³/mol. The van der Waals surface area contributed by atoms with Crippen LogP contribution in [0.4, 0.5) is 5.69 Å². The van der Waals surface area contributed by atoms with Crippen molar-refractivity contribution in [2.45, 2.75) is 20.3 Å². The summed E-state index contributed by atoms with van der Waals surface area (Å²) in [5.41, 5.74) is 4.86. The molecule has 152 valence electrons. The largest absolute Gasteiger partial charge is 0.497 e. The molecule has 1 unspecified atom stereocenters. The minimum atomic E-state index is -0.544. The lowest BCUT2D eigenvalue weighted by atomic mass is 9.96. The number of nitrogens with zero attached hydrogens (tertiary/aromatic N) is 2. The summed E-state index contributed by atoms with van der Waals surface area (Å²) in [7, 11) is 1.56. The number of fused-ring (bicyclic) bond motifs is 1. The molecule has 2 aromatic rings. The van der Waals surface area contributed by atoms with Crippen LogP contribution in [0.25, 0.3) is 0 Å². The number of amides is 1. The van der Waals surface area contributed by atoms with Gasteiger partial charge in [0.15, 0.2) is 0 Å². The number of hydrogen-bond acceptors (Lipinski definition) is 6. The van der Waals surface area contributed by atoms with E-state index in [2.05, 4.69) is 29.3 Å². The maximum Gasteiger partial charge on any atom is 0.320 e. The first-order valence-electron chi connectivity index (χ1n) is 9.62. The lowest BCUT2D eigenvalue weighted by Crippen LogP contribution is -2.30. The van der Waals surface area contributed by atoms with Crippen molar-refractivity contribution in [3.05, 3.63) is 53.6 Å². The lowest BCUT2D eigenvalue weighted by Gasteiger charge is -2.25. The molecule has 29 heavy (non-hydrogen) atoms. The fraction of sp³-hybridized carbons (Fsp3) is 0.318. The third kappa shape index (κ3) is 4.74. The zero-order valence-corrected chi connectivity index (χ0v) is 16.8. The van der Waals surface area contributed by atoms with Gasteiger partial charge < -0.3 is 14.4 Å². The summed E-state index contributed by atoms with van der Waals surface area (Å²) in [6, 6.07) is 12.6. The van der Waals surface area contributed by atoms with Gasteiger partial charge in [0.05, 0.1) is 13.0 Å². The Morgan fingerprint density at radius 2 is 1.97 bits per heavy atom. The average Bonchev–Trinajstić information content (AvgIpc) is 2.75. The van der Waals surface area contributed by atoms with Crippen LogP contribution in [-0.2, 0) is 11.2 Å². The van der Waals surface area contributed by atoms with E-state index < -0.39 is 5.92 Å². The van der Waals surface area contributed by atoms with Crippen molar-refractivity contribution in [1.82, 2.24) is 5.43 Å². The molecule has 1 atom stereocenters. The molecule has 1 aliphatic rings. The van der Waals surface area contributed by atoms with Crippen LogP contribution in [0.1, 0.15) is 29.8 Å². The number of methoxy groups -OCH3 is 1. The van der Waals surface area contributed by atoms with Crippen LogP contribution in [0.5, 0.6) is 11.5 Å². The van der Waals surface area contributed by atoms with Crippen molar-refractivity contribution in [3.8, 4) is 11.5 Å². The Bertz CT molecular complexity index is 905. The standard InChI is InChI=1S/C22H25N3O4/c1-4-25(5-2)18-9-6-16-12-17(22(27)29-20(16)13-18)14-23-24-21(26)15-7-10-19(28-3)11-8-15/h6-11,13-14,17H,4-5,12H2,1-3H3,(H,24,26)/b23-14+. The summed E-state index contributed by atoms with van der Waals surface area (Å²) in [6.45, 7) is 5.93. The highest BCUT2D eigenvalue weighted by Gasteiger charge is 2.27. The topological polar surface area (TPSA) is 80.2 Å². The number of benzene rings is 2. The minimum Gasteiger partial charge on any atom is -0.497 e. The Labute approximate surface area is 170 Å². The highest BCUT2D eigenvalue weighted by Crippen LogP contribution is 2.31. The molecule has 1 N–H and O–H groups in total. The summed E-state index contributed by atoms with van der Waals surface area (Å²) in [5, 5.41) is 3.94. The summed E-state index contributed by atoms with van der Waals surface area (Å²) >= 11 is 0. The van der Waals surface area contributed by atoms with Crippen LogP contribution >= 0.6 is 0 Å². The van der Waals surface area contributed by atoms with Crippen LogP contribution in [0.2, 0.25) is 0 Å². The average molecular weight is 395 g/mol. The molecule has 3 rings (SSSR count). The number of carbonyl (C=O) groups excluding carboxylic acids is 2. The Morgan fingerprint density at radius 1 is 1.24 bits per heavy atom. The highest BCUT2D eigenvalue weighted by molar-refractivity contribution is 5.96. The molecular weight excluding hydrogens is 370 g/mol. The monoisotopic (exact) mass is 395 g/mol. The molecule has 2 aromatic carbocycles. The van der Waals surface area contributed by atoms with E-state index in [9.17, 15) is 9.59 Å². The number of carbonyl (C=O) groups is 2. The normalized spacial score (nSPS) is 15.6. The molecule has 1 aliphatic heterocycles. The molecule has 7 heteroatoms. The number of hydrogen-bond donors (Lipinski definition) is 1. The molecule has 1 heterocycles. The van der Waals surface area contributed by atoms with Gasteiger partial charge in [-0.05, 0) is 56.2 Å². The van der Waals surface area contributed by atoms with E-state index in [-0.39, 0.29) is 11.9 Å². The van der Waals surface area contributed by atoms with Crippen LogP contribution < -0.4 is 19.8 Å². The summed E-state index contributed by atoms with van der Waals surface area (Å²) in [4.78, 5) is 26.7. The van der Waals surface area contributed by atoms with Gasteiger partial charge in [-0.2, -0.15) is 5.10 Å². The van der Waals surface area contributed by atoms with E-state index in [0.717, 1.165) is 24.3 Å². The van der Waals surface area contributed by atoms with Crippen molar-refractivity contribution < 1.29 is 19.1 Å². The number of esters is 1. The Hall–Kier alpha value is -3.35. The predicted octanol–water partition coefficient (Wildman–Crippen LogP) is 3.03. The van der Waals surface area contributed by atoms with Crippen LogP contribution in [0.15, 0.2) is 47.6 Å². The van der Waals surface area contributed by atoms with Gasteiger partial charge in [0.2, 0.25) is 0 Å². The Morgan fingerprint density at radius 3 is 2.62 bits per heavy atom. The van der Waals surface area contributed by atoms with Gasteiger partial charge in [-0.3, -0.25) is 9.59 Å². The molecular formula is C22H25N3O4. The van der Waals surface area contributed by atoms with Crippen LogP contribution in [0, 0.1) is 5.92 Å². The summed E-state index contributed by atoms with van der Waals surface area (Å²) in [6.07, 6.45) is 1.90. The van der Waals surface area contributed by atoms with Gasteiger partial charge in [-0.25, -0.2) is 5.43 Å². The SMILES string of the molecule is CCN(CC)c1ccc2c(c1)OC(=O)C(/C=N/NC(=O)c1ccc(OC)cc1)C2. The van der Waals surface area contributed by atoms with Gasteiger partial charge in [0.1, 0.15) is 11.5 Å². The Balaban J connectivity index is 1.64. The van der Waals surface area contributed by atoms with Gasteiger partial charge >= 0.3 is 5.97 Å². The van der Waals surface area contributed by atoms with E-state index >= 15 is 0 Å². The first kappa shape index (κ1) is 20.4. The molecule has 0 radical (unpaired) electrons. The van der Waals surface area contributed by atoms with E-state index in [1.54, 1.807) is 31.4 Å². The fourth-order valence-electron chi connectivity index (χ4n) is 3.20. The zero-order valence-electron chi connectivity index (χ0n) is 16.8. The molecule has 0 saturated carbocycles. The highest BCUT2D eigenvalue weighted by atomic mass is 16.5. The first-order chi connectivity index (χ1) is 14.0. The summed E-state index contributed by atoms with van der Waals surface area (Å²) < 4.78 is 10.6. The molecule has 0 saturated heterocycles. The van der Waals surface area contributed by atoms with Crippen molar-refractivity contribution in [1.29, 1.82) is 0 Å². The number of rotatable bonds is 7. The lowest BCUT2D eigenvalue weighted by molar-refractivity contribution is -0.137. The van der Waals surface area contributed by atoms with Gasteiger partial charge in [0, 0.05) is 36.6 Å². The number of hydrazone groups is 1. The van der Waals surface area contributed by atoms with E-state index in [1.807, 2.05) is 18.2 Å². The second-order valence-electron chi connectivity index (χ2n) is 6.64. The second-order valence-corrected chi connectivity index (χ2v) is 6.64. The van der Waals surface area contributed by atoms with Crippen molar-refractivity contribution in [3.63, 3.8) is 0 Å². The number of nitrogens with one attached hydrogen (secondary N) is 1. The smallest absolute Gasteiger partial charge is 0.320 e. The maximum atomic E-state index is 12.3. The van der Waals surface area contributed by atoms with Gasteiger partial charge in [-0.1, -0.05) is 6.07 Å². The van der Waals surface area contributed by atoms with E-state index in [0.29, 0.717) is 23.5 Å². The zero-order chi connectivity index (χ0) is 20.8. The van der Waals surface area contributed by atoms with E-state index in [4.69, 9.17) is 9.47 Å². The van der Waals surface area contributed by atoms with Crippen LogP contribution in [0.3, 0.4) is 0 Å². The third-order valence-electron chi connectivity index (χ3n) is 4.91. The van der Waals surface area contributed by atoms with Crippen molar-refractivity contribution in [2.24, 2.45) is 11.0 Å². The molecule has 0 fully saturated rings. The maximum absolute atomic E-state index is 12.3. The van der Waals surface area contributed by atoms with Gasteiger partial charge in [0.25, 0.3) is 5.91 Å².